The van der Waals surface area contributed by atoms with Crippen molar-refractivity contribution in [2.24, 2.45) is 0 Å². The highest BCUT2D eigenvalue weighted by Crippen LogP contribution is 2.13. The number of hydrogen-bond donors (Lipinski definition) is 1. The molecule has 1 unspecified atom stereocenters. The van der Waals surface area contributed by atoms with Gasteiger partial charge in [0.25, 0.3) is 5.91 Å². The largest absolute Gasteiger partial charge is 0.337 e. The summed E-state index contributed by atoms with van der Waals surface area (Å²) >= 11 is 0. The number of aryl methyl sites for hydroxylation is 1. The van der Waals surface area contributed by atoms with E-state index >= 15 is 0 Å². The van der Waals surface area contributed by atoms with Crippen LogP contribution in [0, 0.1) is 0 Å². The van der Waals surface area contributed by atoms with Crippen molar-refractivity contribution < 1.29 is 4.79 Å². The number of nitrogens with zero attached hydrogens (tertiary/aromatic N) is 4. The highest BCUT2D eigenvalue weighted by atomic mass is 35.5. The summed E-state index contributed by atoms with van der Waals surface area (Å²) in [6.07, 6.45) is 8.90. The Hall–Kier alpha value is -1.14. The minimum atomic E-state index is 0. The van der Waals surface area contributed by atoms with Crippen LogP contribution in [0.4, 0.5) is 0 Å². The molecule has 0 spiro atoms. The van der Waals surface area contributed by atoms with E-state index in [0.29, 0.717) is 11.7 Å². The molecule has 2 fully saturated rings. The van der Waals surface area contributed by atoms with Crippen molar-refractivity contribution in [3.8, 4) is 0 Å². The molecule has 3 rings (SSSR count). The second kappa shape index (κ2) is 7.75. The molecule has 2 aliphatic rings. The highest BCUT2D eigenvalue weighted by molar-refractivity contribution is 5.92. The molecule has 2 aliphatic heterocycles. The van der Waals surface area contributed by atoms with Crippen LogP contribution in [0.3, 0.4) is 0 Å². The number of rotatable bonds is 4. The number of hydrogen-bond acceptors (Lipinski definition) is 4. The minimum Gasteiger partial charge on any atom is -0.337 e. The summed E-state index contributed by atoms with van der Waals surface area (Å²) in [5, 5.41) is 11.6. The number of piperidine rings is 1. The van der Waals surface area contributed by atoms with Gasteiger partial charge < -0.3 is 10.2 Å². The van der Waals surface area contributed by atoms with Gasteiger partial charge in [-0.05, 0) is 38.6 Å². The SMILES string of the molecule is Cl.O=C(c1cn(CCC2CCCCN2)nn1)N1CCCC1. The lowest BCUT2D eigenvalue weighted by atomic mass is 10.0. The standard InChI is InChI=1S/C14H23N5O.ClH/c20-14(18-8-3-4-9-18)13-11-19(17-16-13)10-6-12-5-1-2-7-15-12;/h11-12,15H,1-10H2;1H. The number of nitrogens with one attached hydrogen (secondary N) is 1. The van der Waals surface area contributed by atoms with Crippen LogP contribution in [0.15, 0.2) is 6.20 Å². The van der Waals surface area contributed by atoms with Crippen molar-refractivity contribution in [2.45, 2.75) is 51.1 Å². The predicted molar refractivity (Wildman–Crippen MR) is 82.7 cm³/mol. The van der Waals surface area contributed by atoms with Crippen molar-refractivity contribution >= 4 is 18.3 Å². The number of amides is 1. The second-order valence-corrected chi connectivity index (χ2v) is 5.80. The average Bonchev–Trinajstić information content (AvgIpc) is 3.17. The first-order valence-electron chi connectivity index (χ1n) is 7.76. The Morgan fingerprint density at radius 2 is 2.10 bits per heavy atom. The normalized spacial score (nSPS) is 22.1. The molecule has 0 bridgehead atoms. The van der Waals surface area contributed by atoms with Gasteiger partial charge in [0, 0.05) is 25.7 Å². The predicted octanol–water partition coefficient (Wildman–Crippen LogP) is 1.47. The van der Waals surface area contributed by atoms with Gasteiger partial charge in [0.15, 0.2) is 5.69 Å². The lowest BCUT2D eigenvalue weighted by Crippen LogP contribution is -2.34. The van der Waals surface area contributed by atoms with Gasteiger partial charge >= 0.3 is 0 Å². The quantitative estimate of drug-likeness (QED) is 0.914. The Morgan fingerprint density at radius 1 is 1.29 bits per heavy atom. The summed E-state index contributed by atoms with van der Waals surface area (Å²) in [6, 6.07) is 0.589. The molecule has 1 amide bonds. The summed E-state index contributed by atoms with van der Waals surface area (Å²) in [4.78, 5) is 14.0. The van der Waals surface area contributed by atoms with Gasteiger partial charge in [-0.25, -0.2) is 0 Å². The van der Waals surface area contributed by atoms with E-state index in [-0.39, 0.29) is 18.3 Å². The van der Waals surface area contributed by atoms with E-state index in [4.69, 9.17) is 0 Å². The smallest absolute Gasteiger partial charge is 0.276 e. The molecule has 7 heteroatoms. The monoisotopic (exact) mass is 313 g/mol. The van der Waals surface area contributed by atoms with Gasteiger partial charge in [0.1, 0.15) is 0 Å². The van der Waals surface area contributed by atoms with E-state index in [1.807, 2.05) is 4.90 Å². The molecule has 0 aromatic carbocycles. The second-order valence-electron chi connectivity index (χ2n) is 5.80. The van der Waals surface area contributed by atoms with Gasteiger partial charge in [-0.1, -0.05) is 11.6 Å². The van der Waals surface area contributed by atoms with Crippen LogP contribution < -0.4 is 5.32 Å². The molecule has 118 valence electrons. The van der Waals surface area contributed by atoms with Crippen LogP contribution in [-0.4, -0.2) is 51.5 Å². The first-order chi connectivity index (χ1) is 9.83. The molecule has 1 aromatic rings. The molecule has 1 aromatic heterocycles. The van der Waals surface area contributed by atoms with Crippen LogP contribution >= 0.6 is 12.4 Å². The molecule has 2 saturated heterocycles. The molecular weight excluding hydrogens is 290 g/mol. The summed E-state index contributed by atoms with van der Waals surface area (Å²) < 4.78 is 1.81. The zero-order valence-corrected chi connectivity index (χ0v) is 13.1. The molecule has 1 N–H and O–H groups in total. The third kappa shape index (κ3) is 4.17. The topological polar surface area (TPSA) is 63.1 Å². The number of likely N-dealkylation sites (tertiary alicyclic amines) is 1. The Bertz CT molecular complexity index is 452. The maximum absolute atomic E-state index is 12.2. The summed E-state index contributed by atoms with van der Waals surface area (Å²) in [6.45, 7) is 3.67. The Kier molecular flexibility index (Phi) is 5.99. The molecule has 0 saturated carbocycles. The van der Waals surface area contributed by atoms with Gasteiger partial charge in [0.2, 0.25) is 0 Å². The van der Waals surface area contributed by atoms with Gasteiger partial charge in [-0.2, -0.15) is 0 Å². The van der Waals surface area contributed by atoms with E-state index in [1.165, 1.54) is 19.3 Å². The summed E-state index contributed by atoms with van der Waals surface area (Å²) in [7, 11) is 0. The number of halogens is 1. The van der Waals surface area contributed by atoms with Gasteiger partial charge in [-0.3, -0.25) is 9.48 Å². The van der Waals surface area contributed by atoms with Crippen molar-refractivity contribution in [3.63, 3.8) is 0 Å². The van der Waals surface area contributed by atoms with Crippen molar-refractivity contribution in [1.29, 1.82) is 0 Å². The van der Waals surface area contributed by atoms with Crippen LogP contribution in [0.1, 0.15) is 49.0 Å². The molecule has 0 aliphatic carbocycles. The summed E-state index contributed by atoms with van der Waals surface area (Å²) in [5.41, 5.74) is 0.489. The fraction of sp³-hybridized carbons (Fsp3) is 0.786. The zero-order chi connectivity index (χ0) is 13.8. The maximum atomic E-state index is 12.2. The van der Waals surface area contributed by atoms with Crippen molar-refractivity contribution in [2.75, 3.05) is 19.6 Å². The van der Waals surface area contributed by atoms with Crippen LogP contribution in [0.2, 0.25) is 0 Å². The molecule has 6 nitrogen and oxygen atoms in total. The third-order valence-electron chi connectivity index (χ3n) is 4.27. The van der Waals surface area contributed by atoms with Crippen LogP contribution in [-0.2, 0) is 6.54 Å². The number of aromatic nitrogens is 3. The number of carbonyl (C=O) groups excluding carboxylic acids is 1. The Labute approximate surface area is 131 Å². The molecule has 1 atom stereocenters. The molecule has 0 radical (unpaired) electrons. The first kappa shape index (κ1) is 16.2. The van der Waals surface area contributed by atoms with E-state index in [1.54, 1.807) is 10.9 Å². The third-order valence-corrected chi connectivity index (χ3v) is 4.27. The van der Waals surface area contributed by atoms with E-state index in [9.17, 15) is 4.79 Å². The Morgan fingerprint density at radius 3 is 2.81 bits per heavy atom. The van der Waals surface area contributed by atoms with Crippen molar-refractivity contribution in [1.82, 2.24) is 25.2 Å². The number of carbonyl (C=O) groups is 1. The fourth-order valence-electron chi connectivity index (χ4n) is 3.05. The zero-order valence-electron chi connectivity index (χ0n) is 12.3. The van der Waals surface area contributed by atoms with E-state index in [2.05, 4.69) is 15.6 Å². The average molecular weight is 314 g/mol. The lowest BCUT2D eigenvalue weighted by Gasteiger charge is -2.23. The summed E-state index contributed by atoms with van der Waals surface area (Å²) in [5.74, 6) is 0.0320. The van der Waals surface area contributed by atoms with E-state index in [0.717, 1.165) is 45.4 Å². The van der Waals surface area contributed by atoms with Crippen molar-refractivity contribution in [3.05, 3.63) is 11.9 Å². The maximum Gasteiger partial charge on any atom is 0.276 e. The lowest BCUT2D eigenvalue weighted by molar-refractivity contribution is 0.0787. The Balaban J connectivity index is 0.00000161. The molecular formula is C14H24ClN5O. The molecule has 3 heterocycles. The van der Waals surface area contributed by atoms with E-state index < -0.39 is 0 Å². The van der Waals surface area contributed by atoms with Crippen LogP contribution in [0.25, 0.3) is 0 Å². The first-order valence-corrected chi connectivity index (χ1v) is 7.76. The highest BCUT2D eigenvalue weighted by Gasteiger charge is 2.22. The minimum absolute atomic E-state index is 0. The van der Waals surface area contributed by atoms with Gasteiger partial charge in [-0.15, -0.1) is 17.5 Å². The molecule has 21 heavy (non-hydrogen) atoms. The van der Waals surface area contributed by atoms with Crippen LogP contribution in [0.5, 0.6) is 0 Å². The van der Waals surface area contributed by atoms with Gasteiger partial charge in [0.05, 0.1) is 6.20 Å². The fourth-order valence-corrected chi connectivity index (χ4v) is 3.05.